The first-order chi connectivity index (χ1) is 5.68. The van der Waals surface area contributed by atoms with Crippen molar-refractivity contribution in [2.24, 2.45) is 0 Å². The van der Waals surface area contributed by atoms with Gasteiger partial charge in [0.15, 0.2) is 0 Å². The Morgan fingerprint density at radius 1 is 1.25 bits per heavy atom. The highest BCUT2D eigenvalue weighted by atomic mass is 35.5. The minimum atomic E-state index is -0.196. The SMILES string of the molecule is CC(C)=C[SiH2]c1ccc(Cl)cc1. The highest BCUT2D eigenvalue weighted by Gasteiger charge is 1.90. The topological polar surface area (TPSA) is 0 Å². The van der Waals surface area contributed by atoms with Gasteiger partial charge in [0.25, 0.3) is 0 Å². The van der Waals surface area contributed by atoms with Crippen molar-refractivity contribution in [1.29, 1.82) is 0 Å². The fourth-order valence-electron chi connectivity index (χ4n) is 0.942. The van der Waals surface area contributed by atoms with Gasteiger partial charge < -0.3 is 0 Å². The summed E-state index contributed by atoms with van der Waals surface area (Å²) in [4.78, 5) is 0. The van der Waals surface area contributed by atoms with E-state index in [1.54, 1.807) is 0 Å². The minimum Gasteiger partial charge on any atom is -0.0975 e. The van der Waals surface area contributed by atoms with Crippen LogP contribution in [0.1, 0.15) is 13.8 Å². The van der Waals surface area contributed by atoms with Gasteiger partial charge in [-0.25, -0.2) is 0 Å². The van der Waals surface area contributed by atoms with E-state index in [1.807, 2.05) is 12.1 Å². The van der Waals surface area contributed by atoms with Crippen molar-refractivity contribution < 1.29 is 0 Å². The normalized spacial score (nSPS) is 10.6. The van der Waals surface area contributed by atoms with E-state index in [0.717, 1.165) is 5.02 Å². The van der Waals surface area contributed by atoms with Gasteiger partial charge in [0, 0.05) is 5.02 Å². The molecule has 0 saturated heterocycles. The Balaban J connectivity index is 2.65. The highest BCUT2D eigenvalue weighted by molar-refractivity contribution is 6.58. The summed E-state index contributed by atoms with van der Waals surface area (Å²) in [6, 6.07) is 8.16. The molecule has 1 aromatic rings. The summed E-state index contributed by atoms with van der Waals surface area (Å²) in [5, 5.41) is 2.27. The van der Waals surface area contributed by atoms with Crippen molar-refractivity contribution in [3.63, 3.8) is 0 Å². The monoisotopic (exact) mass is 196 g/mol. The van der Waals surface area contributed by atoms with Crippen LogP contribution in [-0.4, -0.2) is 9.52 Å². The molecule has 0 aromatic heterocycles. The standard InChI is InChI=1S/C10H13ClSi/c1-8(2)7-12-10-5-3-9(11)4-6-10/h3-7H,12H2,1-2H3. The lowest BCUT2D eigenvalue weighted by molar-refractivity contribution is 1.41. The molecule has 0 aliphatic heterocycles. The lowest BCUT2D eigenvalue weighted by Crippen LogP contribution is -2.10. The molecule has 0 aliphatic carbocycles. The van der Waals surface area contributed by atoms with Crippen LogP contribution in [0.5, 0.6) is 0 Å². The van der Waals surface area contributed by atoms with Crippen LogP contribution in [-0.2, 0) is 0 Å². The summed E-state index contributed by atoms with van der Waals surface area (Å²) in [5.41, 5.74) is 3.76. The van der Waals surface area contributed by atoms with Crippen LogP contribution < -0.4 is 5.19 Å². The maximum atomic E-state index is 5.77. The summed E-state index contributed by atoms with van der Waals surface area (Å²) >= 11 is 5.77. The molecule has 1 aromatic carbocycles. The van der Waals surface area contributed by atoms with Gasteiger partial charge in [0.05, 0.1) is 9.52 Å². The minimum absolute atomic E-state index is 0.196. The summed E-state index contributed by atoms with van der Waals surface area (Å²) < 4.78 is 0. The summed E-state index contributed by atoms with van der Waals surface area (Å²) in [7, 11) is -0.196. The second-order valence-electron chi connectivity index (χ2n) is 3.11. The van der Waals surface area contributed by atoms with Crippen molar-refractivity contribution >= 4 is 26.3 Å². The third-order valence-electron chi connectivity index (χ3n) is 1.66. The Morgan fingerprint density at radius 3 is 2.33 bits per heavy atom. The van der Waals surface area contributed by atoms with E-state index < -0.39 is 0 Å². The molecule has 0 saturated carbocycles. The smallest absolute Gasteiger partial charge is 0.0782 e. The van der Waals surface area contributed by atoms with Crippen LogP contribution in [0.4, 0.5) is 0 Å². The van der Waals surface area contributed by atoms with Crippen molar-refractivity contribution in [3.8, 4) is 0 Å². The van der Waals surface area contributed by atoms with Crippen molar-refractivity contribution in [2.75, 3.05) is 0 Å². The quantitative estimate of drug-likeness (QED) is 0.636. The largest absolute Gasteiger partial charge is 0.0975 e. The number of rotatable bonds is 2. The fourth-order valence-corrected chi connectivity index (χ4v) is 2.22. The summed E-state index contributed by atoms with van der Waals surface area (Å²) in [6.07, 6.45) is 0. The molecule has 64 valence electrons. The zero-order valence-electron chi connectivity index (χ0n) is 7.47. The predicted molar refractivity (Wildman–Crippen MR) is 59.1 cm³/mol. The van der Waals surface area contributed by atoms with Crippen LogP contribution in [0.15, 0.2) is 35.5 Å². The highest BCUT2D eigenvalue weighted by Crippen LogP contribution is 2.03. The van der Waals surface area contributed by atoms with Crippen molar-refractivity contribution in [1.82, 2.24) is 0 Å². The molecule has 0 heterocycles. The lowest BCUT2D eigenvalue weighted by Gasteiger charge is -1.96. The Kier molecular flexibility index (Phi) is 3.57. The lowest BCUT2D eigenvalue weighted by atomic mass is 10.4. The molecule has 1 rings (SSSR count). The van der Waals surface area contributed by atoms with Crippen LogP contribution in [0.2, 0.25) is 5.02 Å². The van der Waals surface area contributed by atoms with Crippen LogP contribution >= 0.6 is 11.6 Å². The van der Waals surface area contributed by atoms with E-state index in [1.165, 1.54) is 10.8 Å². The molecular weight excluding hydrogens is 184 g/mol. The maximum Gasteiger partial charge on any atom is 0.0782 e. The van der Waals surface area contributed by atoms with Gasteiger partial charge >= 0.3 is 0 Å². The predicted octanol–water partition coefficient (Wildman–Crippen LogP) is 2.06. The first-order valence-corrected chi connectivity index (χ1v) is 5.96. The first-order valence-electron chi connectivity index (χ1n) is 4.06. The van der Waals surface area contributed by atoms with E-state index in [-0.39, 0.29) is 9.52 Å². The molecule has 0 aliphatic rings. The second kappa shape index (κ2) is 4.48. The number of halogens is 1. The van der Waals surface area contributed by atoms with Gasteiger partial charge in [-0.2, -0.15) is 0 Å². The molecular formula is C10H13ClSi. The van der Waals surface area contributed by atoms with Crippen molar-refractivity contribution in [2.45, 2.75) is 13.8 Å². The van der Waals surface area contributed by atoms with Gasteiger partial charge in [0.1, 0.15) is 0 Å². The Hall–Kier alpha value is -0.533. The number of hydrogen-bond acceptors (Lipinski definition) is 0. The van der Waals surface area contributed by atoms with E-state index in [0.29, 0.717) is 0 Å². The van der Waals surface area contributed by atoms with E-state index >= 15 is 0 Å². The second-order valence-corrected chi connectivity index (χ2v) is 5.18. The summed E-state index contributed by atoms with van der Waals surface area (Å²) in [5.74, 6) is 0. The molecule has 0 N–H and O–H groups in total. The number of benzene rings is 1. The van der Waals surface area contributed by atoms with Gasteiger partial charge in [-0.1, -0.05) is 40.2 Å². The first kappa shape index (κ1) is 9.55. The van der Waals surface area contributed by atoms with Gasteiger partial charge in [-0.05, 0) is 26.0 Å². The Morgan fingerprint density at radius 2 is 1.83 bits per heavy atom. The van der Waals surface area contributed by atoms with Crippen LogP contribution in [0, 0.1) is 0 Å². The zero-order valence-corrected chi connectivity index (χ0v) is 9.64. The van der Waals surface area contributed by atoms with Gasteiger partial charge in [-0.3, -0.25) is 0 Å². The number of hydrogen-bond donors (Lipinski definition) is 0. The van der Waals surface area contributed by atoms with Crippen molar-refractivity contribution in [3.05, 3.63) is 40.6 Å². The van der Waals surface area contributed by atoms with Crippen LogP contribution in [0.3, 0.4) is 0 Å². The average molecular weight is 197 g/mol. The molecule has 0 radical (unpaired) electrons. The molecule has 0 nitrogen and oxygen atoms in total. The average Bonchev–Trinajstić information content (AvgIpc) is 2.03. The van der Waals surface area contributed by atoms with E-state index in [2.05, 4.69) is 31.7 Å². The molecule has 0 spiro atoms. The van der Waals surface area contributed by atoms with Gasteiger partial charge in [-0.15, -0.1) is 0 Å². The third-order valence-corrected chi connectivity index (χ3v) is 3.87. The van der Waals surface area contributed by atoms with E-state index in [4.69, 9.17) is 11.6 Å². The third kappa shape index (κ3) is 3.24. The van der Waals surface area contributed by atoms with Gasteiger partial charge in [0.2, 0.25) is 0 Å². The maximum absolute atomic E-state index is 5.77. The Labute approximate surface area is 81.1 Å². The number of allylic oxidation sites excluding steroid dienone is 1. The Bertz CT molecular complexity index is 270. The molecule has 0 fully saturated rings. The molecule has 12 heavy (non-hydrogen) atoms. The van der Waals surface area contributed by atoms with Crippen LogP contribution in [0.25, 0.3) is 0 Å². The fraction of sp³-hybridized carbons (Fsp3) is 0.200. The molecule has 2 heteroatoms. The summed E-state index contributed by atoms with van der Waals surface area (Å²) in [6.45, 7) is 4.28. The molecule has 0 atom stereocenters. The molecule has 0 amide bonds. The zero-order chi connectivity index (χ0) is 8.97. The van der Waals surface area contributed by atoms with E-state index in [9.17, 15) is 0 Å². The molecule has 0 unspecified atom stereocenters. The molecule has 0 bridgehead atoms.